The lowest BCUT2D eigenvalue weighted by Gasteiger charge is -2.51. The highest BCUT2D eigenvalue weighted by atomic mass is 16.7. The average molecular weight is 811 g/mol. The van der Waals surface area contributed by atoms with Gasteiger partial charge < -0.3 is 28.4 Å². The predicted molar refractivity (Wildman–Crippen MR) is 234 cm³/mol. The maximum Gasteiger partial charge on any atom is 0.147 e. The quantitative estimate of drug-likeness (QED) is 0.0632. The van der Waals surface area contributed by atoms with Crippen molar-refractivity contribution in [2.75, 3.05) is 54.0 Å². The molecule has 0 amide bonds. The lowest BCUT2D eigenvalue weighted by molar-refractivity contribution is -0.126. The van der Waals surface area contributed by atoms with Crippen LogP contribution in [0.5, 0.6) is 11.5 Å². The number of ether oxygens (including phenoxy) is 6. The molecule has 5 aromatic rings. The number of nitrogens with zero attached hydrogens (tertiary/aromatic N) is 4. The Morgan fingerprint density at radius 3 is 1.55 bits per heavy atom. The van der Waals surface area contributed by atoms with E-state index in [2.05, 4.69) is 83.6 Å². The van der Waals surface area contributed by atoms with Gasteiger partial charge in [-0.2, -0.15) is 0 Å². The second-order valence-corrected chi connectivity index (χ2v) is 17.0. The van der Waals surface area contributed by atoms with Gasteiger partial charge in [0.1, 0.15) is 50.5 Å². The first kappa shape index (κ1) is 40.7. The van der Waals surface area contributed by atoms with Gasteiger partial charge in [0.15, 0.2) is 0 Å². The molecule has 8 heterocycles. The molecule has 314 valence electrons. The summed E-state index contributed by atoms with van der Waals surface area (Å²) in [5.41, 5.74) is 6.18. The largest absolute Gasteiger partial charge is 0.489 e. The van der Waals surface area contributed by atoms with Gasteiger partial charge in [-0.1, -0.05) is 30.4 Å². The third-order valence-corrected chi connectivity index (χ3v) is 13.6. The highest BCUT2D eigenvalue weighted by molar-refractivity contribution is 5.85. The molecule has 2 unspecified atom stereocenters. The number of methoxy groups -OCH3 is 2. The summed E-state index contributed by atoms with van der Waals surface area (Å²) in [7, 11) is 3.36. The fourth-order valence-corrected chi connectivity index (χ4v) is 10.6. The van der Waals surface area contributed by atoms with Gasteiger partial charge in [-0.3, -0.25) is 19.8 Å². The molecule has 60 heavy (non-hydrogen) atoms. The lowest BCUT2D eigenvalue weighted by atomic mass is 9.73. The summed E-state index contributed by atoms with van der Waals surface area (Å²) in [5.74, 6) is 3.89. The van der Waals surface area contributed by atoms with Gasteiger partial charge in [0.2, 0.25) is 0 Å². The number of aromatic nitrogens is 2. The first-order valence-electron chi connectivity index (χ1n) is 21.6. The Bertz CT molecular complexity index is 2130. The minimum atomic E-state index is -0.151. The van der Waals surface area contributed by atoms with Crippen LogP contribution in [0.25, 0.3) is 21.8 Å². The SMILES string of the molecule is C=C[C@H]1CN2CC[C@H]1C[C@@H]2[C@@H](OCOC)c1ccnc2ccc(OCc3cccc(COc4ccc5nccc([C@H](OCOC)[C@H]6C[C@@H]7CCN6C[C@@H]7C=C)c5c4)c3)cc12. The Kier molecular flexibility index (Phi) is 12.6. The van der Waals surface area contributed by atoms with E-state index in [1.165, 1.54) is 12.8 Å². The number of hydrogen-bond acceptors (Lipinski definition) is 10. The second kappa shape index (κ2) is 18.5. The van der Waals surface area contributed by atoms with E-state index in [4.69, 9.17) is 38.4 Å². The molecule has 10 heteroatoms. The van der Waals surface area contributed by atoms with Crippen molar-refractivity contribution in [2.24, 2.45) is 23.7 Å². The van der Waals surface area contributed by atoms with Crippen LogP contribution in [0.4, 0.5) is 0 Å². The van der Waals surface area contributed by atoms with Crippen molar-refractivity contribution < 1.29 is 28.4 Å². The van der Waals surface area contributed by atoms with Crippen molar-refractivity contribution in [1.29, 1.82) is 0 Å². The first-order chi connectivity index (χ1) is 29.5. The van der Waals surface area contributed by atoms with Crippen LogP contribution in [0.1, 0.15) is 60.1 Å². The standard InChI is InChI=1S/C50H58N4O6/c1-5-35-27-53-20-16-37(35)23-47(53)49(59-31-55-3)41-14-18-51-45-12-10-39(25-43(41)45)57-29-33-8-7-9-34(22-33)30-58-40-11-13-46-44(26-40)42(15-19-52-46)50(60-32-56-4)48-24-38-17-21-54(48)28-36(38)6-2/h5-15,18-19,22,25-26,35-38,47-50H,1-2,16-17,20-21,23-24,27-32H2,3-4H3/t35-,36-,37-,38-,47+,48+,49-,50-/m0/s1. The summed E-state index contributed by atoms with van der Waals surface area (Å²) < 4.78 is 36.8. The summed E-state index contributed by atoms with van der Waals surface area (Å²) in [6, 6.07) is 25.4. The molecule has 0 radical (unpaired) electrons. The van der Waals surface area contributed by atoms with Crippen LogP contribution >= 0.6 is 0 Å². The van der Waals surface area contributed by atoms with Crippen molar-refractivity contribution in [3.05, 3.63) is 133 Å². The first-order valence-corrected chi connectivity index (χ1v) is 21.6. The number of fused-ring (bicyclic) bond motifs is 8. The molecule has 6 saturated heterocycles. The van der Waals surface area contributed by atoms with E-state index in [0.717, 1.165) is 94.6 Å². The molecular weight excluding hydrogens is 753 g/mol. The molecule has 6 fully saturated rings. The van der Waals surface area contributed by atoms with Crippen LogP contribution in [-0.2, 0) is 32.2 Å². The number of rotatable bonds is 18. The summed E-state index contributed by atoms with van der Waals surface area (Å²) in [5, 5.41) is 2.08. The van der Waals surface area contributed by atoms with E-state index in [0.29, 0.717) is 36.9 Å². The number of piperidine rings is 6. The van der Waals surface area contributed by atoms with E-state index in [9.17, 15) is 0 Å². The van der Waals surface area contributed by atoms with Gasteiger partial charge in [0.05, 0.1) is 11.0 Å². The van der Waals surface area contributed by atoms with Crippen LogP contribution in [0.3, 0.4) is 0 Å². The predicted octanol–water partition coefficient (Wildman–Crippen LogP) is 9.06. The zero-order valence-corrected chi connectivity index (χ0v) is 35.0. The van der Waals surface area contributed by atoms with Crippen molar-refractivity contribution in [1.82, 2.24) is 19.8 Å². The fourth-order valence-electron chi connectivity index (χ4n) is 10.6. The molecule has 6 aliphatic rings. The molecule has 4 bridgehead atoms. The monoisotopic (exact) mass is 810 g/mol. The summed E-state index contributed by atoms with van der Waals surface area (Å²) in [6.07, 6.45) is 12.3. The number of pyridine rings is 2. The van der Waals surface area contributed by atoms with Crippen LogP contribution in [0.15, 0.2) is 111 Å². The second-order valence-electron chi connectivity index (χ2n) is 17.0. The van der Waals surface area contributed by atoms with Crippen LogP contribution < -0.4 is 9.47 Å². The molecule has 0 aliphatic carbocycles. The van der Waals surface area contributed by atoms with E-state index in [1.54, 1.807) is 14.2 Å². The topological polar surface area (TPSA) is 87.6 Å². The minimum Gasteiger partial charge on any atom is -0.489 e. The third-order valence-electron chi connectivity index (χ3n) is 13.6. The Balaban J connectivity index is 0.890. The molecule has 3 aromatic carbocycles. The van der Waals surface area contributed by atoms with Gasteiger partial charge >= 0.3 is 0 Å². The average Bonchev–Trinajstić information content (AvgIpc) is 3.31. The van der Waals surface area contributed by atoms with E-state index >= 15 is 0 Å². The number of hydrogen-bond donors (Lipinski definition) is 0. The molecule has 0 saturated carbocycles. The van der Waals surface area contributed by atoms with Crippen molar-refractivity contribution in [3.63, 3.8) is 0 Å². The molecule has 0 N–H and O–H groups in total. The highest BCUT2D eigenvalue weighted by Crippen LogP contribution is 2.45. The van der Waals surface area contributed by atoms with Gasteiger partial charge in [0.25, 0.3) is 0 Å². The normalized spacial score (nSPS) is 26.8. The van der Waals surface area contributed by atoms with E-state index in [-0.39, 0.29) is 37.9 Å². The number of benzene rings is 3. The molecule has 10 nitrogen and oxygen atoms in total. The fraction of sp³-hybridized carbons (Fsp3) is 0.440. The van der Waals surface area contributed by atoms with Crippen LogP contribution in [0.2, 0.25) is 0 Å². The van der Waals surface area contributed by atoms with Gasteiger partial charge in [-0.15, -0.1) is 13.2 Å². The zero-order valence-electron chi connectivity index (χ0n) is 35.0. The van der Waals surface area contributed by atoms with Gasteiger partial charge in [0, 0.05) is 62.6 Å². The van der Waals surface area contributed by atoms with E-state index < -0.39 is 0 Å². The van der Waals surface area contributed by atoms with Crippen LogP contribution in [-0.4, -0.2) is 85.8 Å². The van der Waals surface area contributed by atoms with Crippen LogP contribution in [0, 0.1) is 23.7 Å². The maximum atomic E-state index is 6.49. The minimum absolute atomic E-state index is 0.151. The maximum absolute atomic E-state index is 6.49. The molecule has 2 aromatic heterocycles. The third kappa shape index (κ3) is 8.46. The zero-order chi connectivity index (χ0) is 41.0. The summed E-state index contributed by atoms with van der Waals surface area (Å²) in [4.78, 5) is 14.6. The Labute approximate surface area is 354 Å². The molecule has 11 rings (SSSR count). The van der Waals surface area contributed by atoms with Crippen molar-refractivity contribution in [2.45, 2.75) is 63.2 Å². The summed E-state index contributed by atoms with van der Waals surface area (Å²) >= 11 is 0. The lowest BCUT2D eigenvalue weighted by Crippen LogP contribution is -2.55. The molecule has 0 spiro atoms. The Hall–Kier alpha value is -4.68. The van der Waals surface area contributed by atoms with Gasteiger partial charge in [-0.25, -0.2) is 0 Å². The van der Waals surface area contributed by atoms with Crippen molar-refractivity contribution >= 4 is 21.8 Å². The van der Waals surface area contributed by atoms with Gasteiger partial charge in [-0.05, 0) is 139 Å². The van der Waals surface area contributed by atoms with E-state index in [1.807, 2.05) is 36.7 Å². The molecular formula is C50H58N4O6. The smallest absolute Gasteiger partial charge is 0.147 e. The Morgan fingerprint density at radius 2 is 1.13 bits per heavy atom. The van der Waals surface area contributed by atoms with Crippen molar-refractivity contribution in [3.8, 4) is 11.5 Å². The highest BCUT2D eigenvalue weighted by Gasteiger charge is 2.44. The molecule has 10 atom stereocenters. The molecule has 6 aliphatic heterocycles. The summed E-state index contributed by atoms with van der Waals surface area (Å²) in [6.45, 7) is 13.7. The Morgan fingerprint density at radius 1 is 0.650 bits per heavy atom.